The number of carbonyl (C=O) groups excluding carboxylic acids is 1. The number of piperidine rings is 1. The minimum absolute atomic E-state index is 0.221. The van der Waals surface area contributed by atoms with E-state index in [1.807, 2.05) is 0 Å². The molecular weight excluding hydrogens is 296 g/mol. The van der Waals surface area contributed by atoms with E-state index in [9.17, 15) is 4.79 Å². The van der Waals surface area contributed by atoms with Crippen molar-refractivity contribution in [3.8, 4) is 0 Å². The van der Waals surface area contributed by atoms with Crippen molar-refractivity contribution in [1.29, 1.82) is 0 Å². The van der Waals surface area contributed by atoms with Gasteiger partial charge in [-0.15, -0.1) is 0 Å². The maximum Gasteiger partial charge on any atom is 0.223 e. The van der Waals surface area contributed by atoms with Crippen LogP contribution in [0.4, 0.5) is 0 Å². The second-order valence-corrected chi connectivity index (χ2v) is 7.22. The van der Waals surface area contributed by atoms with Gasteiger partial charge in [-0.2, -0.15) is 0 Å². The molecule has 1 amide bonds. The molecule has 0 aliphatic carbocycles. The predicted octanol–water partition coefficient (Wildman–Crippen LogP) is 4.23. The fourth-order valence-corrected chi connectivity index (χ4v) is 3.68. The largest absolute Gasteiger partial charge is 0.356 e. The number of benzene rings is 1. The van der Waals surface area contributed by atoms with E-state index in [-0.39, 0.29) is 11.8 Å². The number of hydrogen-bond acceptors (Lipinski definition) is 2. The Balaban J connectivity index is 1.68. The molecule has 1 fully saturated rings. The average molecular weight is 331 g/mol. The van der Waals surface area contributed by atoms with Crippen LogP contribution in [-0.2, 0) is 11.3 Å². The van der Waals surface area contributed by atoms with Crippen LogP contribution in [-0.4, -0.2) is 30.4 Å². The van der Waals surface area contributed by atoms with Gasteiger partial charge in [-0.05, 0) is 50.3 Å². The van der Waals surface area contributed by atoms with Gasteiger partial charge in [0.1, 0.15) is 0 Å². The number of nitrogens with one attached hydrogen (secondary N) is 1. The Morgan fingerprint density at radius 3 is 2.33 bits per heavy atom. The summed E-state index contributed by atoms with van der Waals surface area (Å²) in [5.41, 5.74) is 1.39. The van der Waals surface area contributed by atoms with Crippen molar-refractivity contribution in [2.75, 3.05) is 19.6 Å². The van der Waals surface area contributed by atoms with Crippen LogP contribution in [0.3, 0.4) is 0 Å². The molecular formula is C21H34N2O. The summed E-state index contributed by atoms with van der Waals surface area (Å²) in [6.07, 6.45) is 6.62. The van der Waals surface area contributed by atoms with Gasteiger partial charge in [0.25, 0.3) is 0 Å². The minimum Gasteiger partial charge on any atom is -0.356 e. The van der Waals surface area contributed by atoms with Gasteiger partial charge in [-0.3, -0.25) is 9.69 Å². The Bertz CT molecular complexity index is 460. The van der Waals surface area contributed by atoms with E-state index in [0.717, 1.165) is 51.9 Å². The maximum atomic E-state index is 12.3. The first-order valence-electron chi connectivity index (χ1n) is 9.76. The molecule has 1 aromatic rings. The molecule has 1 heterocycles. The Morgan fingerprint density at radius 2 is 1.75 bits per heavy atom. The monoisotopic (exact) mass is 330 g/mol. The molecule has 24 heavy (non-hydrogen) atoms. The number of hydrogen-bond donors (Lipinski definition) is 1. The van der Waals surface area contributed by atoms with Gasteiger partial charge in [0.05, 0.1) is 0 Å². The van der Waals surface area contributed by atoms with Crippen LogP contribution in [0.1, 0.15) is 57.9 Å². The van der Waals surface area contributed by atoms with E-state index < -0.39 is 0 Å². The lowest BCUT2D eigenvalue weighted by atomic mass is 9.94. The van der Waals surface area contributed by atoms with Gasteiger partial charge >= 0.3 is 0 Å². The standard InChI is InChI=1S/C21H34N2O/c1-3-8-20(9-4-2)21(24)22-16-18-12-14-23(15-13-18)17-19-10-6-5-7-11-19/h5-7,10-11,18,20H,3-4,8-9,12-17H2,1-2H3,(H,22,24). The van der Waals surface area contributed by atoms with Crippen LogP contribution in [0.2, 0.25) is 0 Å². The van der Waals surface area contributed by atoms with Crippen LogP contribution in [0.5, 0.6) is 0 Å². The Hall–Kier alpha value is -1.35. The van der Waals surface area contributed by atoms with E-state index in [1.165, 1.54) is 18.4 Å². The van der Waals surface area contributed by atoms with Gasteiger partial charge in [-0.25, -0.2) is 0 Å². The molecule has 1 aromatic carbocycles. The van der Waals surface area contributed by atoms with Crippen molar-refractivity contribution in [3.63, 3.8) is 0 Å². The van der Waals surface area contributed by atoms with Crippen LogP contribution < -0.4 is 5.32 Å². The first-order valence-corrected chi connectivity index (χ1v) is 9.76. The van der Waals surface area contributed by atoms with Gasteiger partial charge < -0.3 is 5.32 Å². The van der Waals surface area contributed by atoms with Crippen molar-refractivity contribution < 1.29 is 4.79 Å². The number of carbonyl (C=O) groups is 1. The fraction of sp³-hybridized carbons (Fsp3) is 0.667. The third kappa shape index (κ3) is 6.27. The zero-order chi connectivity index (χ0) is 17.2. The SMILES string of the molecule is CCCC(CCC)C(=O)NCC1CCN(Cc2ccccc2)CC1. The number of rotatable bonds is 9. The summed E-state index contributed by atoms with van der Waals surface area (Å²) in [6, 6.07) is 10.7. The van der Waals surface area contributed by atoms with Crippen molar-refractivity contribution in [1.82, 2.24) is 10.2 Å². The van der Waals surface area contributed by atoms with Crippen LogP contribution >= 0.6 is 0 Å². The topological polar surface area (TPSA) is 32.3 Å². The zero-order valence-corrected chi connectivity index (χ0v) is 15.5. The molecule has 3 nitrogen and oxygen atoms in total. The molecule has 0 bridgehead atoms. The van der Waals surface area contributed by atoms with Gasteiger partial charge in [0, 0.05) is 19.0 Å². The second kappa shape index (κ2) is 10.5. The zero-order valence-electron chi connectivity index (χ0n) is 15.5. The summed E-state index contributed by atoms with van der Waals surface area (Å²) in [6.45, 7) is 8.53. The first kappa shape index (κ1) is 19.0. The van der Waals surface area contributed by atoms with Crippen LogP contribution in [0.15, 0.2) is 30.3 Å². The highest BCUT2D eigenvalue weighted by atomic mass is 16.1. The lowest BCUT2D eigenvalue weighted by Gasteiger charge is -2.32. The molecule has 1 saturated heterocycles. The maximum absolute atomic E-state index is 12.3. The molecule has 1 N–H and O–H groups in total. The van der Waals surface area contributed by atoms with E-state index >= 15 is 0 Å². The lowest BCUT2D eigenvalue weighted by Crippen LogP contribution is -2.40. The number of amides is 1. The lowest BCUT2D eigenvalue weighted by molar-refractivity contribution is -0.125. The number of nitrogens with zero attached hydrogens (tertiary/aromatic N) is 1. The molecule has 0 radical (unpaired) electrons. The summed E-state index contributed by atoms with van der Waals surface area (Å²) in [4.78, 5) is 14.9. The molecule has 0 aromatic heterocycles. The predicted molar refractivity (Wildman–Crippen MR) is 101 cm³/mol. The van der Waals surface area contributed by atoms with Gasteiger partial charge in [0.2, 0.25) is 5.91 Å². The Morgan fingerprint density at radius 1 is 1.12 bits per heavy atom. The molecule has 0 saturated carbocycles. The molecule has 0 unspecified atom stereocenters. The second-order valence-electron chi connectivity index (χ2n) is 7.22. The fourth-order valence-electron chi connectivity index (χ4n) is 3.68. The summed E-state index contributed by atoms with van der Waals surface area (Å²) >= 11 is 0. The van der Waals surface area contributed by atoms with E-state index in [4.69, 9.17) is 0 Å². The minimum atomic E-state index is 0.221. The van der Waals surface area contributed by atoms with Crippen molar-refractivity contribution in [2.45, 2.75) is 58.9 Å². The highest BCUT2D eigenvalue weighted by Gasteiger charge is 2.21. The Kier molecular flexibility index (Phi) is 8.31. The third-order valence-corrected chi connectivity index (χ3v) is 5.17. The average Bonchev–Trinajstić information content (AvgIpc) is 2.61. The molecule has 0 spiro atoms. The third-order valence-electron chi connectivity index (χ3n) is 5.17. The highest BCUT2D eigenvalue weighted by molar-refractivity contribution is 5.78. The van der Waals surface area contributed by atoms with Crippen LogP contribution in [0.25, 0.3) is 0 Å². The highest BCUT2D eigenvalue weighted by Crippen LogP contribution is 2.19. The van der Waals surface area contributed by atoms with Gasteiger partial charge in [-0.1, -0.05) is 57.0 Å². The van der Waals surface area contributed by atoms with E-state index in [1.54, 1.807) is 0 Å². The summed E-state index contributed by atoms with van der Waals surface area (Å²) in [5, 5.41) is 3.23. The molecule has 134 valence electrons. The summed E-state index contributed by atoms with van der Waals surface area (Å²) < 4.78 is 0. The molecule has 3 heteroatoms. The van der Waals surface area contributed by atoms with Crippen LogP contribution in [0, 0.1) is 11.8 Å². The van der Waals surface area contributed by atoms with Gasteiger partial charge in [0.15, 0.2) is 0 Å². The summed E-state index contributed by atoms with van der Waals surface area (Å²) in [7, 11) is 0. The Labute approximate surface area is 147 Å². The quantitative estimate of drug-likeness (QED) is 0.735. The molecule has 1 aliphatic rings. The number of likely N-dealkylation sites (tertiary alicyclic amines) is 1. The van der Waals surface area contributed by atoms with E-state index in [0.29, 0.717) is 5.92 Å². The van der Waals surface area contributed by atoms with Crippen molar-refractivity contribution in [2.24, 2.45) is 11.8 Å². The normalized spacial score (nSPS) is 16.5. The molecule has 0 atom stereocenters. The van der Waals surface area contributed by atoms with Crippen molar-refractivity contribution >= 4 is 5.91 Å². The smallest absolute Gasteiger partial charge is 0.223 e. The van der Waals surface area contributed by atoms with E-state index in [2.05, 4.69) is 54.4 Å². The first-order chi connectivity index (χ1) is 11.7. The molecule has 2 rings (SSSR count). The molecule has 1 aliphatic heterocycles. The summed E-state index contributed by atoms with van der Waals surface area (Å²) in [5.74, 6) is 1.15. The van der Waals surface area contributed by atoms with Crippen molar-refractivity contribution in [3.05, 3.63) is 35.9 Å².